The first kappa shape index (κ1) is 23.2. The van der Waals surface area contributed by atoms with Gasteiger partial charge in [-0.3, -0.25) is 9.59 Å². The number of piperidine rings is 3. The van der Waals surface area contributed by atoms with Crippen LogP contribution in [0.15, 0.2) is 23.1 Å². The van der Waals surface area contributed by atoms with E-state index in [2.05, 4.69) is 0 Å². The molecule has 0 saturated carbocycles. The fourth-order valence-electron chi connectivity index (χ4n) is 5.12. The van der Waals surface area contributed by atoms with E-state index in [9.17, 15) is 18.0 Å². The van der Waals surface area contributed by atoms with Crippen LogP contribution in [-0.4, -0.2) is 73.6 Å². The quantitative estimate of drug-likeness (QED) is 0.691. The molecule has 1 aromatic rings. The molecule has 0 aromatic heterocycles. The van der Waals surface area contributed by atoms with Crippen molar-refractivity contribution in [1.29, 1.82) is 0 Å². The number of aryl methyl sites for hydroxylation is 1. The van der Waals surface area contributed by atoms with Gasteiger partial charge in [0, 0.05) is 50.7 Å². The van der Waals surface area contributed by atoms with E-state index in [0.29, 0.717) is 44.6 Å². The van der Waals surface area contributed by atoms with E-state index >= 15 is 0 Å². The molecule has 8 heteroatoms. The molecule has 0 aliphatic carbocycles. The highest BCUT2D eigenvalue weighted by atomic mass is 32.2. The van der Waals surface area contributed by atoms with Crippen LogP contribution in [0.1, 0.15) is 67.3 Å². The number of hydrogen-bond donors (Lipinski definition) is 0. The summed E-state index contributed by atoms with van der Waals surface area (Å²) in [6.45, 7) is 5.70. The molecule has 32 heavy (non-hydrogen) atoms. The molecule has 0 N–H and O–H groups in total. The minimum Gasteiger partial charge on any atom is -0.342 e. The summed E-state index contributed by atoms with van der Waals surface area (Å²) < 4.78 is 27.7. The predicted octanol–water partition coefficient (Wildman–Crippen LogP) is 3.03. The van der Waals surface area contributed by atoms with Crippen LogP contribution < -0.4 is 0 Å². The zero-order chi connectivity index (χ0) is 22.7. The van der Waals surface area contributed by atoms with Gasteiger partial charge in [-0.05, 0) is 69.6 Å². The Hall–Kier alpha value is -1.93. The number of nitrogens with zero attached hydrogens (tertiary/aromatic N) is 3. The number of sulfonamides is 1. The van der Waals surface area contributed by atoms with E-state index in [0.717, 1.165) is 50.8 Å². The third-order valence-corrected chi connectivity index (χ3v) is 9.09. The molecule has 3 aliphatic rings. The molecule has 0 atom stereocenters. The lowest BCUT2D eigenvalue weighted by Crippen LogP contribution is -2.45. The number of hydrogen-bond acceptors (Lipinski definition) is 4. The van der Waals surface area contributed by atoms with Crippen LogP contribution in [0.5, 0.6) is 0 Å². The SMILES string of the molecule is Cc1ccc(S(=O)(=O)N2CCCCC2)cc1C(=O)N1CCC(C(=O)N2CCCCC2)CC1. The number of benzene rings is 1. The highest BCUT2D eigenvalue weighted by Crippen LogP contribution is 2.26. The summed E-state index contributed by atoms with van der Waals surface area (Å²) in [5.74, 6) is 0.0914. The highest BCUT2D eigenvalue weighted by molar-refractivity contribution is 7.89. The standard InChI is InChI=1S/C24H35N3O4S/c1-19-8-9-21(32(30,31)27-14-6-3-7-15-27)18-22(19)24(29)26-16-10-20(11-17-26)23(28)25-12-4-2-5-13-25/h8-9,18,20H,2-7,10-17H2,1H3. The maximum atomic E-state index is 13.3. The topological polar surface area (TPSA) is 78.0 Å². The lowest BCUT2D eigenvalue weighted by molar-refractivity contribution is -0.137. The van der Waals surface area contributed by atoms with Gasteiger partial charge in [0.25, 0.3) is 5.91 Å². The van der Waals surface area contributed by atoms with Crippen LogP contribution in [0.3, 0.4) is 0 Å². The average molecular weight is 462 g/mol. The Balaban J connectivity index is 1.43. The predicted molar refractivity (Wildman–Crippen MR) is 123 cm³/mol. The van der Waals surface area contributed by atoms with Gasteiger partial charge in [0.2, 0.25) is 15.9 Å². The summed E-state index contributed by atoms with van der Waals surface area (Å²) in [4.78, 5) is 30.1. The molecule has 0 bridgehead atoms. The normalized spacial score (nSPS) is 21.5. The first-order chi connectivity index (χ1) is 15.4. The van der Waals surface area contributed by atoms with E-state index < -0.39 is 10.0 Å². The first-order valence-corrected chi connectivity index (χ1v) is 13.5. The Morgan fingerprint density at radius 1 is 0.812 bits per heavy atom. The number of carbonyl (C=O) groups is 2. The van der Waals surface area contributed by atoms with Crippen LogP contribution in [0.2, 0.25) is 0 Å². The van der Waals surface area contributed by atoms with Gasteiger partial charge < -0.3 is 9.80 Å². The molecule has 0 radical (unpaired) electrons. The second kappa shape index (κ2) is 9.91. The van der Waals surface area contributed by atoms with Crippen molar-refractivity contribution in [2.45, 2.75) is 63.2 Å². The third-order valence-electron chi connectivity index (χ3n) is 7.19. The molecule has 0 unspecified atom stereocenters. The van der Waals surface area contributed by atoms with Crippen LogP contribution in [0.4, 0.5) is 0 Å². The zero-order valence-corrected chi connectivity index (χ0v) is 19.9. The summed E-state index contributed by atoms with van der Waals surface area (Å²) in [7, 11) is -3.59. The zero-order valence-electron chi connectivity index (χ0n) is 19.1. The van der Waals surface area contributed by atoms with Crippen molar-refractivity contribution in [3.05, 3.63) is 29.3 Å². The Morgan fingerprint density at radius 2 is 1.41 bits per heavy atom. The second-order valence-electron chi connectivity index (χ2n) is 9.39. The van der Waals surface area contributed by atoms with E-state index in [-0.39, 0.29) is 22.6 Å². The van der Waals surface area contributed by atoms with Gasteiger partial charge in [-0.25, -0.2) is 8.42 Å². The van der Waals surface area contributed by atoms with Crippen LogP contribution in [0, 0.1) is 12.8 Å². The maximum absolute atomic E-state index is 13.3. The van der Waals surface area contributed by atoms with Gasteiger partial charge in [0.1, 0.15) is 0 Å². The van der Waals surface area contributed by atoms with Crippen molar-refractivity contribution in [1.82, 2.24) is 14.1 Å². The number of carbonyl (C=O) groups excluding carboxylic acids is 2. The average Bonchev–Trinajstić information content (AvgIpc) is 2.84. The number of rotatable bonds is 4. The van der Waals surface area contributed by atoms with E-state index in [4.69, 9.17) is 0 Å². The summed E-state index contributed by atoms with van der Waals surface area (Å²) in [5.41, 5.74) is 1.23. The van der Waals surface area contributed by atoms with E-state index in [1.165, 1.54) is 10.7 Å². The molecule has 1 aromatic carbocycles. The monoisotopic (exact) mass is 461 g/mol. The lowest BCUT2D eigenvalue weighted by Gasteiger charge is -2.35. The van der Waals surface area contributed by atoms with Crippen molar-refractivity contribution in [2.24, 2.45) is 5.92 Å². The summed E-state index contributed by atoms with van der Waals surface area (Å²) in [5, 5.41) is 0. The Kier molecular flexibility index (Phi) is 7.20. The van der Waals surface area contributed by atoms with E-state index in [1.54, 1.807) is 23.1 Å². The van der Waals surface area contributed by atoms with Gasteiger partial charge in [-0.2, -0.15) is 4.31 Å². The van der Waals surface area contributed by atoms with Crippen molar-refractivity contribution in [3.8, 4) is 0 Å². The second-order valence-corrected chi connectivity index (χ2v) is 11.3. The van der Waals surface area contributed by atoms with Crippen LogP contribution >= 0.6 is 0 Å². The third kappa shape index (κ3) is 4.86. The van der Waals surface area contributed by atoms with Crippen molar-refractivity contribution >= 4 is 21.8 Å². The molecule has 3 heterocycles. The molecule has 0 spiro atoms. The van der Waals surface area contributed by atoms with Crippen LogP contribution in [0.25, 0.3) is 0 Å². The van der Waals surface area contributed by atoms with Gasteiger partial charge in [-0.1, -0.05) is 12.5 Å². The molecule has 7 nitrogen and oxygen atoms in total. The van der Waals surface area contributed by atoms with Crippen molar-refractivity contribution in [3.63, 3.8) is 0 Å². The highest BCUT2D eigenvalue weighted by Gasteiger charge is 2.32. The largest absolute Gasteiger partial charge is 0.342 e. The van der Waals surface area contributed by atoms with Gasteiger partial charge >= 0.3 is 0 Å². The number of likely N-dealkylation sites (tertiary alicyclic amines) is 2. The smallest absolute Gasteiger partial charge is 0.254 e. The molecule has 3 aliphatic heterocycles. The lowest BCUT2D eigenvalue weighted by atomic mass is 9.93. The van der Waals surface area contributed by atoms with Gasteiger partial charge in [0.05, 0.1) is 4.90 Å². The van der Waals surface area contributed by atoms with Crippen molar-refractivity contribution in [2.75, 3.05) is 39.3 Å². The van der Waals surface area contributed by atoms with E-state index in [1.807, 2.05) is 11.8 Å². The molecule has 2 amide bonds. The van der Waals surface area contributed by atoms with Crippen molar-refractivity contribution < 1.29 is 18.0 Å². The minimum absolute atomic E-state index is 0.0101. The maximum Gasteiger partial charge on any atom is 0.254 e. The molecular weight excluding hydrogens is 426 g/mol. The first-order valence-electron chi connectivity index (χ1n) is 12.1. The molecular formula is C24H35N3O4S. The molecule has 3 fully saturated rings. The minimum atomic E-state index is -3.59. The van der Waals surface area contributed by atoms with Gasteiger partial charge in [0.15, 0.2) is 0 Å². The summed E-state index contributed by atoms with van der Waals surface area (Å²) >= 11 is 0. The van der Waals surface area contributed by atoms with Crippen LogP contribution in [-0.2, 0) is 14.8 Å². The fourth-order valence-corrected chi connectivity index (χ4v) is 6.66. The molecule has 176 valence electrons. The summed E-state index contributed by atoms with van der Waals surface area (Å²) in [6.07, 6.45) is 7.52. The number of amides is 2. The molecule has 3 saturated heterocycles. The molecule has 4 rings (SSSR count). The Morgan fingerprint density at radius 3 is 2.03 bits per heavy atom. The summed E-state index contributed by atoms with van der Waals surface area (Å²) in [6, 6.07) is 4.89. The Labute approximate surface area is 191 Å². The fraction of sp³-hybridized carbons (Fsp3) is 0.667. The van der Waals surface area contributed by atoms with Gasteiger partial charge in [-0.15, -0.1) is 0 Å². The Bertz CT molecular complexity index is 942.